The maximum Gasteiger partial charge on any atom is 0.264 e. The van der Waals surface area contributed by atoms with Crippen molar-refractivity contribution in [2.75, 3.05) is 19.1 Å². The largest absolute Gasteiger partial charge is 0.497 e. The molecule has 0 unspecified atom stereocenters. The molecular formula is C25H22N2O3S. The highest BCUT2D eigenvalue weighted by molar-refractivity contribution is 8.04. The van der Waals surface area contributed by atoms with Crippen molar-refractivity contribution in [2.24, 2.45) is 0 Å². The Labute approximate surface area is 185 Å². The number of benzene rings is 3. The van der Waals surface area contributed by atoms with E-state index in [0.29, 0.717) is 17.0 Å². The third-order valence-electron chi connectivity index (χ3n) is 5.03. The summed E-state index contributed by atoms with van der Waals surface area (Å²) in [6.45, 7) is 0.453. The lowest BCUT2D eigenvalue weighted by molar-refractivity contribution is -0.114. The third-order valence-corrected chi connectivity index (χ3v) is 6.10. The number of hydrogen-bond donors (Lipinski definition) is 1. The van der Waals surface area contributed by atoms with Gasteiger partial charge in [0.2, 0.25) is 0 Å². The summed E-state index contributed by atoms with van der Waals surface area (Å²) in [6, 6.07) is 22.8. The molecule has 5 nitrogen and oxygen atoms in total. The molecule has 1 N–H and O–H groups in total. The summed E-state index contributed by atoms with van der Waals surface area (Å²) in [5, 5.41) is 2.93. The Balaban J connectivity index is 1.52. The summed E-state index contributed by atoms with van der Waals surface area (Å²) in [4.78, 5) is 28.7. The first-order valence-corrected chi connectivity index (χ1v) is 10.6. The molecule has 1 aliphatic rings. The fourth-order valence-corrected chi connectivity index (χ4v) is 4.36. The highest BCUT2D eigenvalue weighted by Crippen LogP contribution is 2.42. The number of hydrogen-bond acceptors (Lipinski definition) is 4. The Bertz CT molecular complexity index is 1140. The van der Waals surface area contributed by atoms with E-state index < -0.39 is 0 Å². The van der Waals surface area contributed by atoms with E-state index >= 15 is 0 Å². The molecule has 3 aromatic rings. The predicted octanol–water partition coefficient (Wildman–Crippen LogP) is 4.73. The van der Waals surface area contributed by atoms with Crippen LogP contribution >= 0.6 is 11.8 Å². The number of rotatable bonds is 5. The van der Waals surface area contributed by atoms with Gasteiger partial charge in [-0.25, -0.2) is 0 Å². The Morgan fingerprint density at radius 1 is 1.06 bits per heavy atom. The molecular weight excluding hydrogens is 408 g/mol. The SMILES string of the molecule is COc1ccc(C=C2Sc3ccc(C(=O)NCc4ccccc4)cc3N(C)C2=O)cc1. The average Bonchev–Trinajstić information content (AvgIpc) is 2.82. The molecule has 0 aromatic heterocycles. The number of nitrogens with one attached hydrogen (secondary N) is 1. The van der Waals surface area contributed by atoms with Crippen LogP contribution in [-0.2, 0) is 11.3 Å². The molecule has 1 aliphatic heterocycles. The van der Waals surface area contributed by atoms with Crippen LogP contribution in [0.25, 0.3) is 6.08 Å². The van der Waals surface area contributed by atoms with Crippen molar-refractivity contribution in [2.45, 2.75) is 11.4 Å². The number of methoxy groups -OCH3 is 1. The first kappa shape index (κ1) is 20.8. The van der Waals surface area contributed by atoms with Gasteiger partial charge in [0.15, 0.2) is 0 Å². The smallest absolute Gasteiger partial charge is 0.264 e. The lowest BCUT2D eigenvalue weighted by Crippen LogP contribution is -2.31. The Kier molecular flexibility index (Phi) is 6.09. The lowest BCUT2D eigenvalue weighted by Gasteiger charge is -2.27. The highest BCUT2D eigenvalue weighted by atomic mass is 32.2. The van der Waals surface area contributed by atoms with Gasteiger partial charge in [-0.1, -0.05) is 54.2 Å². The summed E-state index contributed by atoms with van der Waals surface area (Å²) in [5.74, 6) is 0.498. The monoisotopic (exact) mass is 430 g/mol. The van der Waals surface area contributed by atoms with E-state index in [1.165, 1.54) is 11.8 Å². The summed E-state index contributed by atoms with van der Waals surface area (Å²) in [6.07, 6.45) is 1.87. The Morgan fingerprint density at radius 2 is 1.81 bits per heavy atom. The molecule has 0 saturated heterocycles. The zero-order valence-electron chi connectivity index (χ0n) is 17.3. The van der Waals surface area contributed by atoms with Gasteiger partial charge in [-0.2, -0.15) is 0 Å². The van der Waals surface area contributed by atoms with Crippen LogP contribution in [0.5, 0.6) is 5.75 Å². The molecule has 0 saturated carbocycles. The number of likely N-dealkylation sites (N-methyl/N-ethyl adjacent to an activating group) is 1. The van der Waals surface area contributed by atoms with E-state index in [4.69, 9.17) is 4.74 Å². The molecule has 0 fully saturated rings. The summed E-state index contributed by atoms with van der Waals surface area (Å²) in [5.41, 5.74) is 3.21. The molecule has 0 aliphatic carbocycles. The molecule has 6 heteroatoms. The van der Waals surface area contributed by atoms with Gasteiger partial charge in [0, 0.05) is 24.1 Å². The lowest BCUT2D eigenvalue weighted by atomic mass is 10.1. The van der Waals surface area contributed by atoms with Gasteiger partial charge in [-0.15, -0.1) is 0 Å². The first-order valence-electron chi connectivity index (χ1n) is 9.83. The van der Waals surface area contributed by atoms with Gasteiger partial charge in [-0.05, 0) is 47.5 Å². The second-order valence-electron chi connectivity index (χ2n) is 7.10. The van der Waals surface area contributed by atoms with Crippen LogP contribution in [0, 0.1) is 0 Å². The van der Waals surface area contributed by atoms with Gasteiger partial charge < -0.3 is 15.0 Å². The van der Waals surface area contributed by atoms with Gasteiger partial charge in [0.25, 0.3) is 11.8 Å². The Morgan fingerprint density at radius 3 is 2.52 bits per heavy atom. The number of anilines is 1. The van der Waals surface area contributed by atoms with Crippen LogP contribution in [-0.4, -0.2) is 26.0 Å². The van der Waals surface area contributed by atoms with Crippen LogP contribution in [0.1, 0.15) is 21.5 Å². The number of fused-ring (bicyclic) bond motifs is 1. The van der Waals surface area contributed by atoms with Crippen LogP contribution in [0.4, 0.5) is 5.69 Å². The van der Waals surface area contributed by atoms with Crippen LogP contribution in [0.3, 0.4) is 0 Å². The van der Waals surface area contributed by atoms with E-state index in [2.05, 4.69) is 5.32 Å². The fraction of sp³-hybridized carbons (Fsp3) is 0.120. The number of thioether (sulfide) groups is 1. The minimum absolute atomic E-state index is 0.102. The molecule has 4 rings (SSSR count). The van der Waals surface area contributed by atoms with Gasteiger partial charge in [-0.3, -0.25) is 9.59 Å². The second-order valence-corrected chi connectivity index (χ2v) is 8.18. The fourth-order valence-electron chi connectivity index (χ4n) is 3.27. The van der Waals surface area contributed by atoms with Crippen molar-refractivity contribution >= 4 is 35.3 Å². The zero-order valence-corrected chi connectivity index (χ0v) is 18.1. The molecule has 31 heavy (non-hydrogen) atoms. The third kappa shape index (κ3) is 4.64. The molecule has 1 heterocycles. The maximum atomic E-state index is 12.9. The second kappa shape index (κ2) is 9.10. The van der Waals surface area contributed by atoms with Crippen LogP contribution in [0.2, 0.25) is 0 Å². The van der Waals surface area contributed by atoms with Crippen molar-refractivity contribution in [1.82, 2.24) is 5.32 Å². The molecule has 0 spiro atoms. The quantitative estimate of drug-likeness (QED) is 0.595. The molecule has 0 radical (unpaired) electrons. The molecule has 156 valence electrons. The minimum Gasteiger partial charge on any atom is -0.497 e. The summed E-state index contributed by atoms with van der Waals surface area (Å²) < 4.78 is 5.18. The number of carbonyl (C=O) groups excluding carboxylic acids is 2. The zero-order chi connectivity index (χ0) is 21.8. The predicted molar refractivity (Wildman–Crippen MR) is 124 cm³/mol. The van der Waals surface area contributed by atoms with E-state index in [-0.39, 0.29) is 11.8 Å². The highest BCUT2D eigenvalue weighted by Gasteiger charge is 2.27. The van der Waals surface area contributed by atoms with Crippen molar-refractivity contribution in [3.05, 3.63) is 94.4 Å². The number of carbonyl (C=O) groups is 2. The van der Waals surface area contributed by atoms with Gasteiger partial charge in [0.05, 0.1) is 17.7 Å². The standard InChI is InChI=1S/C25H22N2O3S/c1-27-21-15-19(24(28)26-16-18-6-4-3-5-7-18)10-13-22(21)31-23(25(27)29)14-17-8-11-20(30-2)12-9-17/h3-15H,16H2,1-2H3,(H,26,28). The van der Waals surface area contributed by atoms with Crippen molar-refractivity contribution in [1.29, 1.82) is 0 Å². The van der Waals surface area contributed by atoms with Gasteiger partial charge in [0.1, 0.15) is 5.75 Å². The average molecular weight is 431 g/mol. The van der Waals surface area contributed by atoms with E-state index in [1.54, 1.807) is 31.2 Å². The van der Waals surface area contributed by atoms with Crippen molar-refractivity contribution < 1.29 is 14.3 Å². The number of amides is 2. The normalized spacial score (nSPS) is 14.3. The van der Waals surface area contributed by atoms with Crippen molar-refractivity contribution in [3.63, 3.8) is 0 Å². The molecule has 3 aromatic carbocycles. The van der Waals surface area contributed by atoms with Crippen LogP contribution < -0.4 is 15.0 Å². The van der Waals surface area contributed by atoms with Crippen LogP contribution in [0.15, 0.2) is 82.6 Å². The Hall–Kier alpha value is -3.51. The topological polar surface area (TPSA) is 58.6 Å². The molecule has 0 atom stereocenters. The van der Waals surface area contributed by atoms with Crippen molar-refractivity contribution in [3.8, 4) is 5.75 Å². The summed E-state index contributed by atoms with van der Waals surface area (Å²) in [7, 11) is 3.35. The number of nitrogens with zero attached hydrogens (tertiary/aromatic N) is 1. The molecule has 0 bridgehead atoms. The first-order chi connectivity index (χ1) is 15.0. The van der Waals surface area contributed by atoms with Gasteiger partial charge >= 0.3 is 0 Å². The maximum absolute atomic E-state index is 12.9. The summed E-state index contributed by atoms with van der Waals surface area (Å²) >= 11 is 1.41. The molecule has 2 amide bonds. The number of ether oxygens (including phenoxy) is 1. The van der Waals surface area contributed by atoms with E-state index in [1.807, 2.05) is 66.7 Å². The van der Waals surface area contributed by atoms with E-state index in [9.17, 15) is 9.59 Å². The minimum atomic E-state index is -0.169. The van der Waals surface area contributed by atoms with E-state index in [0.717, 1.165) is 27.5 Å².